The second kappa shape index (κ2) is 5.08. The van der Waals surface area contributed by atoms with Gasteiger partial charge < -0.3 is 15.8 Å². The fourth-order valence-corrected chi connectivity index (χ4v) is 1.32. The van der Waals surface area contributed by atoms with Crippen LogP contribution in [0.5, 0.6) is 5.75 Å². The van der Waals surface area contributed by atoms with Crippen LogP contribution in [0.25, 0.3) is 0 Å². The maximum Gasteiger partial charge on any atom is 0.253 e. The van der Waals surface area contributed by atoms with Crippen LogP contribution < -0.4 is 15.8 Å². The van der Waals surface area contributed by atoms with Gasteiger partial charge in [-0.05, 0) is 38.5 Å². The molecular formula is C13H20N2O2. The first-order valence-corrected chi connectivity index (χ1v) is 5.65. The Morgan fingerprint density at radius 1 is 1.47 bits per heavy atom. The average Bonchev–Trinajstić information content (AvgIpc) is 2.29. The molecule has 1 rings (SSSR count). The Morgan fingerprint density at radius 2 is 2.12 bits per heavy atom. The number of rotatable bonds is 4. The molecule has 0 saturated carbocycles. The molecule has 1 aromatic rings. The second-order valence-electron chi connectivity index (χ2n) is 4.64. The van der Waals surface area contributed by atoms with Gasteiger partial charge in [-0.1, -0.05) is 6.92 Å². The monoisotopic (exact) mass is 236 g/mol. The molecule has 17 heavy (non-hydrogen) atoms. The van der Waals surface area contributed by atoms with Crippen LogP contribution >= 0.6 is 0 Å². The molecule has 1 amide bonds. The average molecular weight is 236 g/mol. The lowest BCUT2D eigenvalue weighted by atomic mass is 10.0. The van der Waals surface area contributed by atoms with Crippen LogP contribution in [-0.2, 0) is 0 Å². The molecule has 0 aliphatic rings. The lowest BCUT2D eigenvalue weighted by molar-refractivity contribution is 0.0912. The zero-order chi connectivity index (χ0) is 13.1. The van der Waals surface area contributed by atoms with E-state index >= 15 is 0 Å². The second-order valence-corrected chi connectivity index (χ2v) is 4.64. The number of amides is 1. The Morgan fingerprint density at radius 3 is 2.65 bits per heavy atom. The van der Waals surface area contributed by atoms with Crippen LogP contribution in [0.1, 0.15) is 37.6 Å². The molecule has 0 aliphatic carbocycles. The number of methoxy groups -OCH3 is 1. The minimum atomic E-state index is -0.243. The van der Waals surface area contributed by atoms with Gasteiger partial charge in [-0.25, -0.2) is 0 Å². The quantitative estimate of drug-likeness (QED) is 0.788. The van der Waals surface area contributed by atoms with Crippen LogP contribution in [0, 0.1) is 0 Å². The molecule has 0 saturated heterocycles. The molecule has 1 aromatic carbocycles. The summed E-state index contributed by atoms with van der Waals surface area (Å²) in [7, 11) is 1.56. The van der Waals surface area contributed by atoms with Crippen molar-refractivity contribution < 1.29 is 9.53 Å². The normalized spacial score (nSPS) is 11.1. The number of nitrogens with one attached hydrogen (secondary N) is 1. The predicted molar refractivity (Wildman–Crippen MR) is 69.2 cm³/mol. The Labute approximate surface area is 102 Å². The SMILES string of the molecule is CCC(C)(C)NC(=O)c1cc(OC)ccc1N. The maximum atomic E-state index is 12.1. The summed E-state index contributed by atoms with van der Waals surface area (Å²) in [5.41, 5.74) is 6.45. The maximum absolute atomic E-state index is 12.1. The van der Waals surface area contributed by atoms with Crippen LogP contribution in [0.2, 0.25) is 0 Å². The fourth-order valence-electron chi connectivity index (χ4n) is 1.32. The minimum absolute atomic E-state index is 0.173. The third kappa shape index (κ3) is 3.37. The van der Waals surface area contributed by atoms with Gasteiger partial charge in [0.2, 0.25) is 0 Å². The summed E-state index contributed by atoms with van der Waals surface area (Å²) in [5.74, 6) is 0.451. The van der Waals surface area contributed by atoms with Gasteiger partial charge in [0.1, 0.15) is 5.75 Å². The summed E-state index contributed by atoms with van der Waals surface area (Å²) in [6, 6.07) is 5.06. The first-order chi connectivity index (χ1) is 7.89. The number of hydrogen-bond acceptors (Lipinski definition) is 3. The molecule has 0 unspecified atom stereocenters. The molecule has 4 nitrogen and oxygen atoms in total. The Hall–Kier alpha value is -1.71. The predicted octanol–water partition coefficient (Wildman–Crippen LogP) is 2.20. The van der Waals surface area contributed by atoms with E-state index in [2.05, 4.69) is 5.32 Å². The number of benzene rings is 1. The number of ether oxygens (including phenoxy) is 1. The van der Waals surface area contributed by atoms with Crippen molar-refractivity contribution in [2.75, 3.05) is 12.8 Å². The van der Waals surface area contributed by atoms with Crippen molar-refractivity contribution in [1.29, 1.82) is 0 Å². The highest BCUT2D eigenvalue weighted by molar-refractivity contribution is 5.99. The zero-order valence-corrected chi connectivity index (χ0v) is 10.8. The van der Waals surface area contributed by atoms with Crippen molar-refractivity contribution in [3.05, 3.63) is 23.8 Å². The molecule has 0 aromatic heterocycles. The highest BCUT2D eigenvalue weighted by Crippen LogP contribution is 2.20. The van der Waals surface area contributed by atoms with Crippen molar-refractivity contribution in [2.45, 2.75) is 32.7 Å². The minimum Gasteiger partial charge on any atom is -0.497 e. The van der Waals surface area contributed by atoms with Gasteiger partial charge in [0.05, 0.1) is 12.7 Å². The number of carbonyl (C=O) groups excluding carboxylic acids is 1. The van der Waals surface area contributed by atoms with E-state index in [1.807, 2.05) is 20.8 Å². The number of hydrogen-bond donors (Lipinski definition) is 2. The van der Waals surface area contributed by atoms with E-state index in [4.69, 9.17) is 10.5 Å². The summed E-state index contributed by atoms with van der Waals surface area (Å²) in [5, 5.41) is 2.94. The number of anilines is 1. The highest BCUT2D eigenvalue weighted by atomic mass is 16.5. The Balaban J connectivity index is 2.96. The third-order valence-corrected chi connectivity index (χ3v) is 2.84. The van der Waals surface area contributed by atoms with Gasteiger partial charge in [-0.3, -0.25) is 4.79 Å². The molecule has 0 bridgehead atoms. The van der Waals surface area contributed by atoms with E-state index < -0.39 is 0 Å². The fraction of sp³-hybridized carbons (Fsp3) is 0.462. The van der Waals surface area contributed by atoms with E-state index in [9.17, 15) is 4.79 Å². The summed E-state index contributed by atoms with van der Waals surface area (Å²) in [6.07, 6.45) is 0.850. The van der Waals surface area contributed by atoms with Crippen LogP contribution in [0.4, 0.5) is 5.69 Å². The number of carbonyl (C=O) groups is 1. The summed E-state index contributed by atoms with van der Waals surface area (Å²) in [6.45, 7) is 5.97. The molecule has 0 heterocycles. The van der Waals surface area contributed by atoms with Gasteiger partial charge in [-0.2, -0.15) is 0 Å². The molecule has 94 valence electrons. The standard InChI is InChI=1S/C13H20N2O2/c1-5-13(2,3)15-12(16)10-8-9(17-4)6-7-11(10)14/h6-8H,5,14H2,1-4H3,(H,15,16). The van der Waals surface area contributed by atoms with E-state index in [0.29, 0.717) is 17.0 Å². The lowest BCUT2D eigenvalue weighted by Gasteiger charge is -2.24. The summed E-state index contributed by atoms with van der Waals surface area (Å²) < 4.78 is 5.08. The number of nitrogens with two attached hydrogens (primary N) is 1. The molecule has 0 atom stereocenters. The Bertz CT molecular complexity index is 414. The molecule has 0 fully saturated rings. The van der Waals surface area contributed by atoms with Crippen molar-refractivity contribution in [3.63, 3.8) is 0 Å². The molecule has 3 N–H and O–H groups in total. The van der Waals surface area contributed by atoms with Crippen molar-refractivity contribution in [2.24, 2.45) is 0 Å². The summed E-state index contributed by atoms with van der Waals surface area (Å²) in [4.78, 5) is 12.1. The van der Waals surface area contributed by atoms with Crippen LogP contribution in [-0.4, -0.2) is 18.6 Å². The number of nitrogen functional groups attached to an aromatic ring is 1. The molecular weight excluding hydrogens is 216 g/mol. The van der Waals surface area contributed by atoms with Gasteiger partial charge in [0.15, 0.2) is 0 Å². The topological polar surface area (TPSA) is 64.3 Å². The van der Waals surface area contributed by atoms with Crippen molar-refractivity contribution >= 4 is 11.6 Å². The van der Waals surface area contributed by atoms with Crippen LogP contribution in [0.15, 0.2) is 18.2 Å². The Kier molecular flexibility index (Phi) is 3.99. The largest absolute Gasteiger partial charge is 0.497 e. The third-order valence-electron chi connectivity index (χ3n) is 2.84. The summed E-state index contributed by atoms with van der Waals surface area (Å²) >= 11 is 0. The lowest BCUT2D eigenvalue weighted by Crippen LogP contribution is -2.43. The zero-order valence-electron chi connectivity index (χ0n) is 10.8. The van der Waals surface area contributed by atoms with Gasteiger partial charge >= 0.3 is 0 Å². The van der Waals surface area contributed by atoms with Crippen molar-refractivity contribution in [3.8, 4) is 5.75 Å². The van der Waals surface area contributed by atoms with Gasteiger partial charge in [-0.15, -0.1) is 0 Å². The molecule has 0 radical (unpaired) electrons. The van der Waals surface area contributed by atoms with E-state index in [1.54, 1.807) is 25.3 Å². The smallest absolute Gasteiger partial charge is 0.253 e. The van der Waals surface area contributed by atoms with Crippen molar-refractivity contribution in [1.82, 2.24) is 5.32 Å². The molecule has 0 aliphatic heterocycles. The van der Waals surface area contributed by atoms with E-state index in [-0.39, 0.29) is 11.4 Å². The highest BCUT2D eigenvalue weighted by Gasteiger charge is 2.20. The first kappa shape index (κ1) is 13.4. The van der Waals surface area contributed by atoms with Gasteiger partial charge in [0.25, 0.3) is 5.91 Å². The molecule has 0 spiro atoms. The van der Waals surface area contributed by atoms with E-state index in [1.165, 1.54) is 0 Å². The van der Waals surface area contributed by atoms with Crippen LogP contribution in [0.3, 0.4) is 0 Å². The first-order valence-electron chi connectivity index (χ1n) is 5.65. The molecule has 4 heteroatoms. The van der Waals surface area contributed by atoms with E-state index in [0.717, 1.165) is 6.42 Å². The van der Waals surface area contributed by atoms with Gasteiger partial charge in [0, 0.05) is 11.2 Å².